The number of aromatic amines is 1. The molecule has 1 aromatic heterocycles. The Bertz CT molecular complexity index is 443. The van der Waals surface area contributed by atoms with Crippen LogP contribution in [0.25, 0.3) is 0 Å². The Morgan fingerprint density at radius 2 is 2.22 bits per heavy atom. The SMILES string of the molecule is CCn1c(SC2C(C)CC(C)CC2N)n[nH]c1=O. The highest BCUT2D eigenvalue weighted by Gasteiger charge is 2.33. The quantitative estimate of drug-likeness (QED) is 0.871. The predicted octanol–water partition coefficient (Wildman–Crippen LogP) is 1.45. The van der Waals surface area contributed by atoms with E-state index in [0.29, 0.717) is 23.6 Å². The van der Waals surface area contributed by atoms with Gasteiger partial charge in [-0.25, -0.2) is 9.89 Å². The minimum Gasteiger partial charge on any atom is -0.327 e. The lowest BCUT2D eigenvalue weighted by atomic mass is 9.80. The van der Waals surface area contributed by atoms with Crippen molar-refractivity contribution in [2.24, 2.45) is 17.6 Å². The summed E-state index contributed by atoms with van der Waals surface area (Å²) in [7, 11) is 0. The van der Waals surface area contributed by atoms with Crippen molar-refractivity contribution in [2.45, 2.75) is 56.6 Å². The summed E-state index contributed by atoms with van der Waals surface area (Å²) in [6.45, 7) is 7.10. The molecule has 1 aromatic rings. The van der Waals surface area contributed by atoms with Gasteiger partial charge in [-0.3, -0.25) is 4.57 Å². The van der Waals surface area contributed by atoms with Crippen LogP contribution in [0, 0.1) is 11.8 Å². The molecule has 2 rings (SSSR count). The first kappa shape index (κ1) is 13.7. The first-order chi connectivity index (χ1) is 8.52. The van der Waals surface area contributed by atoms with Crippen molar-refractivity contribution in [1.29, 1.82) is 0 Å². The number of thioether (sulfide) groups is 1. The third-order valence-electron chi connectivity index (χ3n) is 3.71. The maximum Gasteiger partial charge on any atom is 0.343 e. The Hall–Kier alpha value is -0.750. The van der Waals surface area contributed by atoms with Crippen LogP contribution in [0.3, 0.4) is 0 Å². The van der Waals surface area contributed by atoms with Crippen LogP contribution in [0.15, 0.2) is 9.95 Å². The van der Waals surface area contributed by atoms with Crippen molar-refractivity contribution in [2.75, 3.05) is 0 Å². The highest BCUT2D eigenvalue weighted by atomic mass is 32.2. The third kappa shape index (κ3) is 2.64. The molecule has 1 saturated carbocycles. The molecule has 1 aliphatic carbocycles. The van der Waals surface area contributed by atoms with Crippen LogP contribution in [0.2, 0.25) is 0 Å². The molecule has 6 heteroatoms. The van der Waals surface area contributed by atoms with Gasteiger partial charge in [0.15, 0.2) is 5.16 Å². The maximum atomic E-state index is 11.5. The number of nitrogens with one attached hydrogen (secondary N) is 1. The van der Waals surface area contributed by atoms with E-state index in [4.69, 9.17) is 5.73 Å². The molecular formula is C12H22N4OS. The molecule has 1 fully saturated rings. The molecule has 1 aliphatic rings. The number of nitrogens with zero attached hydrogens (tertiary/aromatic N) is 2. The van der Waals surface area contributed by atoms with Crippen LogP contribution in [0.4, 0.5) is 0 Å². The fourth-order valence-electron chi connectivity index (χ4n) is 2.88. The van der Waals surface area contributed by atoms with E-state index >= 15 is 0 Å². The number of hydrogen-bond donors (Lipinski definition) is 2. The number of aromatic nitrogens is 3. The highest BCUT2D eigenvalue weighted by molar-refractivity contribution is 7.99. The number of nitrogens with two attached hydrogens (primary N) is 1. The van der Waals surface area contributed by atoms with E-state index in [1.165, 1.54) is 6.42 Å². The van der Waals surface area contributed by atoms with Crippen molar-refractivity contribution in [3.05, 3.63) is 10.5 Å². The van der Waals surface area contributed by atoms with Crippen molar-refractivity contribution in [3.8, 4) is 0 Å². The zero-order valence-corrected chi connectivity index (χ0v) is 12.0. The molecule has 0 aromatic carbocycles. The third-order valence-corrected chi connectivity index (χ3v) is 5.32. The van der Waals surface area contributed by atoms with Crippen LogP contribution in [-0.2, 0) is 6.54 Å². The van der Waals surface area contributed by atoms with E-state index in [0.717, 1.165) is 11.6 Å². The number of rotatable bonds is 3. The summed E-state index contributed by atoms with van der Waals surface area (Å²) in [6, 6.07) is 0.186. The normalized spacial score (nSPS) is 32.7. The Morgan fingerprint density at radius 1 is 1.50 bits per heavy atom. The van der Waals surface area contributed by atoms with E-state index in [1.54, 1.807) is 16.3 Å². The van der Waals surface area contributed by atoms with Gasteiger partial charge in [-0.2, -0.15) is 0 Å². The molecule has 3 N–H and O–H groups in total. The second-order valence-electron chi connectivity index (χ2n) is 5.36. The number of hydrogen-bond acceptors (Lipinski definition) is 4. The highest BCUT2D eigenvalue weighted by Crippen LogP contribution is 2.37. The van der Waals surface area contributed by atoms with Crippen LogP contribution < -0.4 is 11.4 Å². The topological polar surface area (TPSA) is 76.7 Å². The molecule has 0 spiro atoms. The van der Waals surface area contributed by atoms with Gasteiger partial charge >= 0.3 is 5.69 Å². The van der Waals surface area contributed by atoms with Crippen molar-refractivity contribution < 1.29 is 0 Å². The minimum atomic E-state index is -0.134. The Kier molecular flexibility index (Phi) is 4.17. The Balaban J connectivity index is 2.15. The monoisotopic (exact) mass is 270 g/mol. The average Bonchev–Trinajstić information content (AvgIpc) is 2.64. The van der Waals surface area contributed by atoms with Gasteiger partial charge in [0.05, 0.1) is 0 Å². The van der Waals surface area contributed by atoms with E-state index in [-0.39, 0.29) is 11.7 Å². The van der Waals surface area contributed by atoms with Gasteiger partial charge in [-0.05, 0) is 31.6 Å². The average molecular weight is 270 g/mol. The van der Waals surface area contributed by atoms with Crippen LogP contribution in [0.1, 0.15) is 33.6 Å². The molecule has 102 valence electrons. The molecule has 0 bridgehead atoms. The largest absolute Gasteiger partial charge is 0.343 e. The zero-order chi connectivity index (χ0) is 13.3. The molecule has 5 nitrogen and oxygen atoms in total. The first-order valence-corrected chi connectivity index (χ1v) is 7.48. The van der Waals surface area contributed by atoms with E-state index < -0.39 is 0 Å². The Labute approximate surface area is 112 Å². The number of H-pyrrole nitrogens is 1. The molecule has 0 aliphatic heterocycles. The lowest BCUT2D eigenvalue weighted by Crippen LogP contribution is -2.43. The molecule has 4 atom stereocenters. The van der Waals surface area contributed by atoms with Gasteiger partial charge in [-0.15, -0.1) is 5.10 Å². The summed E-state index contributed by atoms with van der Waals surface area (Å²) in [4.78, 5) is 11.5. The maximum absolute atomic E-state index is 11.5. The van der Waals surface area contributed by atoms with Gasteiger partial charge in [0, 0.05) is 17.8 Å². The van der Waals surface area contributed by atoms with E-state index in [2.05, 4.69) is 24.0 Å². The van der Waals surface area contributed by atoms with Crippen LogP contribution in [-0.4, -0.2) is 26.1 Å². The lowest BCUT2D eigenvalue weighted by molar-refractivity contribution is 0.279. The second-order valence-corrected chi connectivity index (χ2v) is 6.50. The first-order valence-electron chi connectivity index (χ1n) is 6.60. The summed E-state index contributed by atoms with van der Waals surface area (Å²) in [6.07, 6.45) is 2.26. The fraction of sp³-hybridized carbons (Fsp3) is 0.833. The van der Waals surface area contributed by atoms with E-state index in [1.807, 2.05) is 6.92 Å². The van der Waals surface area contributed by atoms with Crippen molar-refractivity contribution in [3.63, 3.8) is 0 Å². The van der Waals surface area contributed by atoms with E-state index in [9.17, 15) is 4.79 Å². The van der Waals surface area contributed by atoms with Crippen LogP contribution >= 0.6 is 11.8 Å². The van der Waals surface area contributed by atoms with Gasteiger partial charge in [0.25, 0.3) is 0 Å². The summed E-state index contributed by atoms with van der Waals surface area (Å²) in [5.41, 5.74) is 6.13. The summed E-state index contributed by atoms with van der Waals surface area (Å²) >= 11 is 1.65. The van der Waals surface area contributed by atoms with Crippen molar-refractivity contribution in [1.82, 2.24) is 14.8 Å². The minimum absolute atomic E-state index is 0.134. The predicted molar refractivity (Wildman–Crippen MR) is 73.7 cm³/mol. The molecular weight excluding hydrogens is 248 g/mol. The standard InChI is InChI=1S/C12H22N4OS/c1-4-16-11(17)14-15-12(16)18-10-8(3)5-7(2)6-9(10)13/h7-10H,4-6,13H2,1-3H3,(H,14,17). The Morgan fingerprint density at radius 3 is 2.83 bits per heavy atom. The van der Waals surface area contributed by atoms with Gasteiger partial charge in [0.1, 0.15) is 0 Å². The fourth-order valence-corrected chi connectivity index (χ4v) is 4.19. The summed E-state index contributed by atoms with van der Waals surface area (Å²) in [5, 5.41) is 7.73. The van der Waals surface area contributed by atoms with Gasteiger partial charge < -0.3 is 5.73 Å². The lowest BCUT2D eigenvalue weighted by Gasteiger charge is -2.36. The van der Waals surface area contributed by atoms with Crippen molar-refractivity contribution >= 4 is 11.8 Å². The molecule has 0 saturated heterocycles. The molecule has 18 heavy (non-hydrogen) atoms. The smallest absolute Gasteiger partial charge is 0.327 e. The molecule has 0 radical (unpaired) electrons. The molecule has 0 amide bonds. The zero-order valence-electron chi connectivity index (χ0n) is 11.2. The summed E-state index contributed by atoms with van der Waals surface area (Å²) in [5.74, 6) is 1.25. The molecule has 4 unspecified atom stereocenters. The molecule has 1 heterocycles. The van der Waals surface area contributed by atoms with Gasteiger partial charge in [-0.1, -0.05) is 25.6 Å². The van der Waals surface area contributed by atoms with Crippen LogP contribution in [0.5, 0.6) is 0 Å². The second kappa shape index (κ2) is 5.48. The summed E-state index contributed by atoms with van der Waals surface area (Å²) < 4.78 is 1.67. The van der Waals surface area contributed by atoms with Gasteiger partial charge in [0.2, 0.25) is 0 Å².